The van der Waals surface area contributed by atoms with Crippen LogP contribution in [0.5, 0.6) is 11.5 Å². The largest absolute Gasteiger partial charge is 0.504 e. The van der Waals surface area contributed by atoms with E-state index in [4.69, 9.17) is 9.47 Å². The Bertz CT molecular complexity index is 1100. The second-order valence-electron chi connectivity index (χ2n) is 14.7. The fourth-order valence-corrected chi connectivity index (χ4v) is 10.3. The molecule has 0 amide bonds. The van der Waals surface area contributed by atoms with E-state index in [-0.39, 0.29) is 34.0 Å². The molecule has 8 atom stereocenters. The molecule has 2 heterocycles. The van der Waals surface area contributed by atoms with Crippen LogP contribution in [0.15, 0.2) is 12.1 Å². The number of benzene rings is 1. The lowest BCUT2D eigenvalue weighted by Crippen LogP contribution is -2.85. The minimum Gasteiger partial charge on any atom is -0.504 e. The van der Waals surface area contributed by atoms with Gasteiger partial charge in [0.05, 0.1) is 37.2 Å². The highest BCUT2D eigenvalue weighted by Crippen LogP contribution is 2.78. The third-order valence-corrected chi connectivity index (χ3v) is 12.6. The van der Waals surface area contributed by atoms with E-state index in [0.717, 1.165) is 49.0 Å². The van der Waals surface area contributed by atoms with Crippen LogP contribution in [-0.4, -0.2) is 65.3 Å². The standard InChI is InChI=1S/C30H43NO4/c1-26(2,3)27(4,33)21-16-28-11-12-30(21,34-6)25-29(28)13-14-31(5,17-18-7-8-18)22(28)15-19-9-10-20(32)24(35-25)23(19)29/h9-10,18,21-22,25,33H,7-8,11-17H2,1-6H3/p+1/t21-,22-,25-,27-,28?,29+,30+,31?/m1/s1. The molecule has 2 unspecified atom stereocenters. The Kier molecular flexibility index (Phi) is 4.18. The van der Waals surface area contributed by atoms with Crippen LogP contribution in [0.1, 0.15) is 77.3 Å². The summed E-state index contributed by atoms with van der Waals surface area (Å²) in [4.78, 5) is 0. The molecule has 0 aromatic heterocycles. The van der Waals surface area contributed by atoms with Crippen molar-refractivity contribution in [2.24, 2.45) is 22.7 Å². The highest BCUT2D eigenvalue weighted by atomic mass is 16.6. The number of aliphatic hydroxyl groups is 1. The van der Waals surface area contributed by atoms with Crippen molar-refractivity contribution in [1.29, 1.82) is 0 Å². The maximum atomic E-state index is 12.3. The molecule has 0 radical (unpaired) electrons. The zero-order valence-electron chi connectivity index (χ0n) is 22.5. The highest BCUT2D eigenvalue weighted by Gasteiger charge is 2.84. The van der Waals surface area contributed by atoms with Gasteiger partial charge in [-0.2, -0.15) is 0 Å². The first kappa shape index (κ1) is 22.9. The molecular formula is C30H44NO4+. The number of methoxy groups -OCH3 is 1. The number of rotatable bonds is 4. The summed E-state index contributed by atoms with van der Waals surface area (Å²) in [6.07, 6.45) is 7.74. The summed E-state index contributed by atoms with van der Waals surface area (Å²) < 4.78 is 14.7. The number of hydrogen-bond acceptors (Lipinski definition) is 4. The molecule has 4 saturated carbocycles. The van der Waals surface area contributed by atoms with Gasteiger partial charge in [0.2, 0.25) is 0 Å². The molecule has 5 nitrogen and oxygen atoms in total. The molecule has 5 heteroatoms. The average Bonchev–Trinajstić information content (AvgIpc) is 3.52. The molecule has 192 valence electrons. The van der Waals surface area contributed by atoms with E-state index < -0.39 is 11.2 Å². The van der Waals surface area contributed by atoms with Gasteiger partial charge in [0.1, 0.15) is 11.7 Å². The predicted octanol–water partition coefficient (Wildman–Crippen LogP) is 4.56. The summed E-state index contributed by atoms with van der Waals surface area (Å²) in [5, 5.41) is 23.3. The van der Waals surface area contributed by atoms with Gasteiger partial charge in [-0.3, -0.25) is 0 Å². The number of hydrogen-bond donors (Lipinski definition) is 2. The van der Waals surface area contributed by atoms with Gasteiger partial charge in [0.25, 0.3) is 0 Å². The van der Waals surface area contributed by atoms with E-state index in [0.29, 0.717) is 11.8 Å². The summed E-state index contributed by atoms with van der Waals surface area (Å²) in [5.74, 6) is 1.83. The molecule has 7 aliphatic rings. The lowest BCUT2D eigenvalue weighted by atomic mass is 9.33. The highest BCUT2D eigenvalue weighted by molar-refractivity contribution is 5.63. The smallest absolute Gasteiger partial charge is 0.165 e. The van der Waals surface area contributed by atoms with Gasteiger partial charge < -0.3 is 24.2 Å². The summed E-state index contributed by atoms with van der Waals surface area (Å²) in [7, 11) is 4.37. The number of phenols is 1. The lowest BCUT2D eigenvalue weighted by molar-refractivity contribution is -0.952. The van der Waals surface area contributed by atoms with Crippen molar-refractivity contribution >= 4 is 0 Å². The number of ether oxygens (including phenoxy) is 2. The first-order valence-corrected chi connectivity index (χ1v) is 14.0. The fourth-order valence-electron chi connectivity index (χ4n) is 10.3. The van der Waals surface area contributed by atoms with Gasteiger partial charge in [0, 0.05) is 42.8 Å². The van der Waals surface area contributed by atoms with Gasteiger partial charge in [-0.1, -0.05) is 26.8 Å². The molecule has 1 aromatic carbocycles. The Morgan fingerprint density at radius 2 is 1.89 bits per heavy atom. The third-order valence-electron chi connectivity index (χ3n) is 12.6. The maximum absolute atomic E-state index is 12.3. The molecule has 2 aliphatic heterocycles. The van der Waals surface area contributed by atoms with E-state index >= 15 is 0 Å². The van der Waals surface area contributed by atoms with Crippen molar-refractivity contribution in [2.45, 2.75) is 101 Å². The summed E-state index contributed by atoms with van der Waals surface area (Å²) in [6.45, 7) is 11.0. The molecule has 1 aromatic rings. The van der Waals surface area contributed by atoms with E-state index in [1.807, 2.05) is 20.1 Å². The van der Waals surface area contributed by atoms with Crippen LogP contribution in [0.2, 0.25) is 0 Å². The Balaban J connectivity index is 1.50. The summed E-state index contributed by atoms with van der Waals surface area (Å²) in [5.41, 5.74) is 0.817. The molecule has 2 spiro atoms. The van der Waals surface area contributed by atoms with Crippen LogP contribution in [-0.2, 0) is 16.6 Å². The number of aromatic hydroxyl groups is 1. The monoisotopic (exact) mass is 482 g/mol. The second-order valence-corrected chi connectivity index (χ2v) is 14.7. The van der Waals surface area contributed by atoms with Crippen molar-refractivity contribution in [1.82, 2.24) is 0 Å². The first-order chi connectivity index (χ1) is 16.4. The van der Waals surface area contributed by atoms with Crippen molar-refractivity contribution in [3.05, 3.63) is 23.3 Å². The Morgan fingerprint density at radius 3 is 2.54 bits per heavy atom. The normalized spacial score (nSPS) is 46.7. The molecule has 4 bridgehead atoms. The van der Waals surface area contributed by atoms with Crippen molar-refractivity contribution in [2.75, 3.05) is 27.2 Å². The maximum Gasteiger partial charge on any atom is 0.165 e. The predicted molar refractivity (Wildman–Crippen MR) is 135 cm³/mol. The number of likely N-dealkylation sites (tertiary alicyclic amines) is 1. The third kappa shape index (κ3) is 2.38. The van der Waals surface area contributed by atoms with Crippen LogP contribution < -0.4 is 4.74 Å². The Morgan fingerprint density at radius 1 is 1.14 bits per heavy atom. The minimum absolute atomic E-state index is 0.0279. The number of phenolic OH excluding ortho intramolecular Hbond substituents is 1. The zero-order chi connectivity index (χ0) is 24.8. The minimum atomic E-state index is -0.910. The topological polar surface area (TPSA) is 58.9 Å². The number of piperidine rings is 1. The Hall–Kier alpha value is -1.30. The van der Waals surface area contributed by atoms with Crippen molar-refractivity contribution < 1.29 is 24.2 Å². The lowest BCUT2D eigenvalue weighted by Gasteiger charge is -2.75. The van der Waals surface area contributed by atoms with Crippen molar-refractivity contribution in [3.8, 4) is 11.5 Å². The zero-order valence-corrected chi connectivity index (χ0v) is 22.5. The van der Waals surface area contributed by atoms with E-state index in [2.05, 4.69) is 33.9 Å². The quantitative estimate of drug-likeness (QED) is 0.618. The molecular weight excluding hydrogens is 438 g/mol. The number of likely N-dealkylation sites (N-methyl/N-ethyl adjacent to an activating group) is 1. The van der Waals surface area contributed by atoms with Crippen molar-refractivity contribution in [3.63, 3.8) is 0 Å². The van der Waals surface area contributed by atoms with Gasteiger partial charge in [-0.25, -0.2) is 0 Å². The van der Waals surface area contributed by atoms with Gasteiger partial charge >= 0.3 is 0 Å². The summed E-state index contributed by atoms with van der Waals surface area (Å²) in [6, 6.07) is 4.55. The molecule has 8 rings (SSSR count). The van der Waals surface area contributed by atoms with Gasteiger partial charge in [-0.15, -0.1) is 0 Å². The first-order valence-electron chi connectivity index (χ1n) is 14.0. The summed E-state index contributed by atoms with van der Waals surface area (Å²) >= 11 is 0. The number of quaternary nitrogens is 1. The van der Waals surface area contributed by atoms with Crippen LogP contribution >= 0.6 is 0 Å². The number of nitrogens with zero attached hydrogens (tertiary/aromatic N) is 1. The number of fused-ring (bicyclic) bond motifs is 2. The van der Waals surface area contributed by atoms with Crippen LogP contribution in [0.25, 0.3) is 0 Å². The average molecular weight is 483 g/mol. The van der Waals surface area contributed by atoms with E-state index in [1.54, 1.807) is 0 Å². The molecule has 5 fully saturated rings. The SMILES string of the molecule is CO[C@@]12CCC3(C[C@@H]1[C@@](C)(O)C(C)(C)C)[C@H]1Cc4ccc(O)c5c4[C@@]3(CC[N+]1(C)CC1CC1)[C@H]2O5. The molecule has 1 saturated heterocycles. The van der Waals surface area contributed by atoms with Gasteiger partial charge in [-0.05, 0) is 56.1 Å². The molecule has 5 aliphatic carbocycles. The fraction of sp³-hybridized carbons (Fsp3) is 0.800. The molecule has 35 heavy (non-hydrogen) atoms. The van der Waals surface area contributed by atoms with Crippen LogP contribution in [0.3, 0.4) is 0 Å². The molecule has 2 N–H and O–H groups in total. The van der Waals surface area contributed by atoms with Crippen LogP contribution in [0, 0.1) is 22.7 Å². The Labute approximate surface area is 210 Å². The van der Waals surface area contributed by atoms with E-state index in [9.17, 15) is 10.2 Å². The second kappa shape index (κ2) is 6.39. The van der Waals surface area contributed by atoms with Gasteiger partial charge in [0.15, 0.2) is 11.5 Å². The van der Waals surface area contributed by atoms with Crippen LogP contribution in [0.4, 0.5) is 0 Å². The van der Waals surface area contributed by atoms with E-state index in [1.165, 1.54) is 30.5 Å².